The van der Waals surface area contributed by atoms with Crippen LogP contribution in [0.15, 0.2) is 6.20 Å². The zero-order valence-electron chi connectivity index (χ0n) is 9.20. The lowest BCUT2D eigenvalue weighted by Gasteiger charge is -2.22. The first kappa shape index (κ1) is 13.5. The Morgan fingerprint density at radius 2 is 2.24 bits per heavy atom. The fraction of sp³-hybridized carbons (Fsp3) is 0.556. The molecule has 0 aliphatic heterocycles. The van der Waals surface area contributed by atoms with Gasteiger partial charge in [0.05, 0.1) is 19.3 Å². The third kappa shape index (κ3) is 3.74. The number of aliphatic hydroxyl groups excluding tert-OH is 1. The summed E-state index contributed by atoms with van der Waals surface area (Å²) in [5.74, 6) is -0.935. The standard InChI is InChI=1S/C9H13F3N4O/c1-13-9-14-4-6(10)8(15-9)16(2-3-17)5-7(11)12/h4,7,17H,2-3,5H2,1H3,(H,13,14,15). The van der Waals surface area contributed by atoms with E-state index in [0.717, 1.165) is 11.1 Å². The van der Waals surface area contributed by atoms with Crippen molar-refractivity contribution in [2.45, 2.75) is 6.43 Å². The third-order valence-electron chi connectivity index (χ3n) is 1.98. The van der Waals surface area contributed by atoms with Gasteiger partial charge in [-0.25, -0.2) is 18.2 Å². The van der Waals surface area contributed by atoms with Gasteiger partial charge in [0, 0.05) is 13.6 Å². The van der Waals surface area contributed by atoms with Crippen LogP contribution in [0.3, 0.4) is 0 Å². The summed E-state index contributed by atoms with van der Waals surface area (Å²) in [6, 6.07) is 0. The van der Waals surface area contributed by atoms with Gasteiger partial charge in [-0.05, 0) is 0 Å². The number of rotatable bonds is 6. The monoisotopic (exact) mass is 250 g/mol. The Kier molecular flexibility index (Phi) is 4.95. The van der Waals surface area contributed by atoms with Gasteiger partial charge in [0.25, 0.3) is 6.43 Å². The van der Waals surface area contributed by atoms with Gasteiger partial charge in [0.1, 0.15) is 0 Å². The van der Waals surface area contributed by atoms with Crippen molar-refractivity contribution in [1.82, 2.24) is 9.97 Å². The van der Waals surface area contributed by atoms with Crippen molar-refractivity contribution in [2.24, 2.45) is 0 Å². The van der Waals surface area contributed by atoms with Gasteiger partial charge in [-0.1, -0.05) is 0 Å². The summed E-state index contributed by atoms with van der Waals surface area (Å²) in [6.45, 7) is -1.19. The summed E-state index contributed by atoms with van der Waals surface area (Å²) in [7, 11) is 1.53. The van der Waals surface area contributed by atoms with E-state index in [1.54, 1.807) is 0 Å². The van der Waals surface area contributed by atoms with E-state index in [9.17, 15) is 13.2 Å². The number of hydrogen-bond donors (Lipinski definition) is 2. The van der Waals surface area contributed by atoms with Gasteiger partial charge in [-0.3, -0.25) is 0 Å². The largest absolute Gasteiger partial charge is 0.395 e. The number of aromatic nitrogens is 2. The first-order valence-corrected chi connectivity index (χ1v) is 4.92. The molecule has 0 spiro atoms. The van der Waals surface area contributed by atoms with Crippen molar-refractivity contribution in [1.29, 1.82) is 0 Å². The van der Waals surface area contributed by atoms with Crippen LogP contribution in [0, 0.1) is 5.82 Å². The lowest BCUT2D eigenvalue weighted by molar-refractivity contribution is 0.152. The third-order valence-corrected chi connectivity index (χ3v) is 1.98. The van der Waals surface area contributed by atoms with Gasteiger partial charge in [0.2, 0.25) is 5.95 Å². The van der Waals surface area contributed by atoms with Crippen LogP contribution in [-0.2, 0) is 0 Å². The quantitative estimate of drug-likeness (QED) is 0.779. The zero-order valence-corrected chi connectivity index (χ0v) is 9.20. The molecule has 1 aromatic heterocycles. The zero-order chi connectivity index (χ0) is 12.8. The summed E-state index contributed by atoms with van der Waals surface area (Å²) < 4.78 is 38.0. The van der Waals surface area contributed by atoms with Crippen LogP contribution in [0.2, 0.25) is 0 Å². The summed E-state index contributed by atoms with van der Waals surface area (Å²) in [4.78, 5) is 8.33. The number of alkyl halides is 2. The van der Waals surface area contributed by atoms with E-state index in [0.29, 0.717) is 0 Å². The highest BCUT2D eigenvalue weighted by Gasteiger charge is 2.18. The molecule has 0 saturated heterocycles. The minimum Gasteiger partial charge on any atom is -0.395 e. The molecular weight excluding hydrogens is 237 g/mol. The molecular formula is C9H13F3N4O. The Hall–Kier alpha value is -1.57. The molecule has 0 fully saturated rings. The summed E-state index contributed by atoms with van der Waals surface area (Å²) in [5.41, 5.74) is 0. The highest BCUT2D eigenvalue weighted by Crippen LogP contribution is 2.18. The van der Waals surface area contributed by atoms with Gasteiger partial charge in [-0.15, -0.1) is 0 Å². The fourth-order valence-corrected chi connectivity index (χ4v) is 1.27. The van der Waals surface area contributed by atoms with Crippen LogP contribution >= 0.6 is 0 Å². The summed E-state index contributed by atoms with van der Waals surface area (Å²) in [5, 5.41) is 11.3. The molecule has 0 aromatic carbocycles. The van der Waals surface area contributed by atoms with Crippen LogP contribution < -0.4 is 10.2 Å². The highest BCUT2D eigenvalue weighted by atomic mass is 19.3. The molecule has 5 nitrogen and oxygen atoms in total. The first-order valence-electron chi connectivity index (χ1n) is 4.92. The average Bonchev–Trinajstić information content (AvgIpc) is 2.28. The maximum atomic E-state index is 13.4. The van der Waals surface area contributed by atoms with Gasteiger partial charge in [0.15, 0.2) is 11.6 Å². The van der Waals surface area contributed by atoms with Crippen LogP contribution in [-0.4, -0.2) is 48.2 Å². The van der Waals surface area contributed by atoms with E-state index >= 15 is 0 Å². The lowest BCUT2D eigenvalue weighted by Crippen LogP contribution is -2.33. The number of aliphatic hydroxyl groups is 1. The number of nitrogens with one attached hydrogen (secondary N) is 1. The van der Waals surface area contributed by atoms with Crippen molar-refractivity contribution >= 4 is 11.8 Å². The van der Waals surface area contributed by atoms with Crippen molar-refractivity contribution in [3.8, 4) is 0 Å². The Morgan fingerprint density at radius 1 is 1.53 bits per heavy atom. The molecule has 2 N–H and O–H groups in total. The second-order valence-electron chi connectivity index (χ2n) is 3.18. The van der Waals surface area contributed by atoms with Crippen LogP contribution in [0.25, 0.3) is 0 Å². The molecule has 1 rings (SSSR count). The minimum atomic E-state index is -2.64. The van der Waals surface area contributed by atoms with E-state index in [1.165, 1.54) is 7.05 Å². The summed E-state index contributed by atoms with van der Waals surface area (Å²) in [6.07, 6.45) is -1.75. The van der Waals surface area contributed by atoms with Gasteiger partial charge < -0.3 is 15.3 Å². The number of hydrogen-bond acceptors (Lipinski definition) is 5. The normalized spacial score (nSPS) is 10.7. The molecule has 17 heavy (non-hydrogen) atoms. The van der Waals surface area contributed by atoms with Crippen LogP contribution in [0.1, 0.15) is 0 Å². The number of anilines is 2. The predicted octanol–water partition coefficient (Wildman–Crippen LogP) is 0.721. The molecule has 0 amide bonds. The smallest absolute Gasteiger partial charge is 0.255 e. The number of nitrogens with zero attached hydrogens (tertiary/aromatic N) is 3. The van der Waals surface area contributed by atoms with Crippen molar-refractivity contribution in [3.05, 3.63) is 12.0 Å². The molecule has 0 aliphatic rings. The first-order chi connectivity index (χ1) is 8.08. The van der Waals surface area contributed by atoms with E-state index in [4.69, 9.17) is 5.11 Å². The molecule has 0 atom stereocenters. The maximum absolute atomic E-state index is 13.4. The van der Waals surface area contributed by atoms with E-state index < -0.39 is 18.8 Å². The SMILES string of the molecule is CNc1ncc(F)c(N(CCO)CC(F)F)n1. The molecule has 1 aromatic rings. The van der Waals surface area contributed by atoms with E-state index in [1.807, 2.05) is 0 Å². The minimum absolute atomic E-state index is 0.124. The molecule has 0 radical (unpaired) electrons. The van der Waals surface area contributed by atoms with Crippen molar-refractivity contribution < 1.29 is 18.3 Å². The maximum Gasteiger partial charge on any atom is 0.255 e. The molecule has 96 valence electrons. The Balaban J connectivity index is 2.98. The van der Waals surface area contributed by atoms with E-state index in [2.05, 4.69) is 15.3 Å². The fourth-order valence-electron chi connectivity index (χ4n) is 1.27. The average molecular weight is 250 g/mol. The van der Waals surface area contributed by atoms with Crippen LogP contribution in [0.4, 0.5) is 24.9 Å². The Labute approximate surface area is 96.3 Å². The molecule has 8 heteroatoms. The number of halogens is 3. The second-order valence-corrected chi connectivity index (χ2v) is 3.18. The van der Waals surface area contributed by atoms with Crippen LogP contribution in [0.5, 0.6) is 0 Å². The molecule has 1 heterocycles. The lowest BCUT2D eigenvalue weighted by atomic mass is 10.4. The molecule has 0 saturated carbocycles. The van der Waals surface area contributed by atoms with Crippen molar-refractivity contribution in [3.63, 3.8) is 0 Å². The Morgan fingerprint density at radius 3 is 2.76 bits per heavy atom. The van der Waals surface area contributed by atoms with Crippen molar-refractivity contribution in [2.75, 3.05) is 37.0 Å². The Bertz CT molecular complexity index is 364. The summed E-state index contributed by atoms with van der Waals surface area (Å²) >= 11 is 0. The predicted molar refractivity (Wildman–Crippen MR) is 56.8 cm³/mol. The molecule has 0 unspecified atom stereocenters. The second kappa shape index (κ2) is 6.24. The van der Waals surface area contributed by atoms with E-state index in [-0.39, 0.29) is 24.9 Å². The van der Waals surface area contributed by atoms with Gasteiger partial charge in [-0.2, -0.15) is 4.98 Å². The molecule has 0 bridgehead atoms. The topological polar surface area (TPSA) is 61.3 Å². The van der Waals surface area contributed by atoms with Gasteiger partial charge >= 0.3 is 0 Å². The molecule has 0 aliphatic carbocycles. The highest BCUT2D eigenvalue weighted by molar-refractivity contribution is 5.43.